The summed E-state index contributed by atoms with van der Waals surface area (Å²) in [5.41, 5.74) is 2.83. The van der Waals surface area contributed by atoms with E-state index in [0.717, 1.165) is 35.3 Å². The molecule has 19 heavy (non-hydrogen) atoms. The van der Waals surface area contributed by atoms with Crippen LogP contribution in [0.2, 0.25) is 0 Å². The Hall–Kier alpha value is -1.68. The summed E-state index contributed by atoms with van der Waals surface area (Å²) in [6.07, 6.45) is 2.60. The van der Waals surface area contributed by atoms with Crippen molar-refractivity contribution < 1.29 is 5.11 Å². The van der Waals surface area contributed by atoms with Crippen LogP contribution in [0.3, 0.4) is 0 Å². The quantitative estimate of drug-likeness (QED) is 0.918. The molecule has 1 heterocycles. The van der Waals surface area contributed by atoms with E-state index < -0.39 is 5.60 Å². The van der Waals surface area contributed by atoms with Crippen LogP contribution in [-0.4, -0.2) is 20.1 Å². The lowest BCUT2D eigenvalue weighted by Gasteiger charge is -2.25. The van der Waals surface area contributed by atoms with E-state index in [-0.39, 0.29) is 0 Å². The lowest BCUT2D eigenvalue weighted by atomic mass is 9.90. The normalized spacial score (nSPS) is 14.4. The van der Waals surface area contributed by atoms with Gasteiger partial charge in [0, 0.05) is 6.54 Å². The predicted octanol–water partition coefficient (Wildman–Crippen LogP) is 2.56. The molecule has 0 radical (unpaired) electrons. The zero-order chi connectivity index (χ0) is 14.0. The van der Waals surface area contributed by atoms with Gasteiger partial charge in [0.05, 0.1) is 11.9 Å². The van der Waals surface area contributed by atoms with Crippen molar-refractivity contribution in [1.82, 2.24) is 15.0 Å². The van der Waals surface area contributed by atoms with Crippen molar-refractivity contribution in [2.75, 3.05) is 0 Å². The van der Waals surface area contributed by atoms with Crippen molar-refractivity contribution in [3.05, 3.63) is 46.8 Å². The van der Waals surface area contributed by atoms with Crippen molar-refractivity contribution >= 4 is 0 Å². The monoisotopic (exact) mass is 259 g/mol. The van der Waals surface area contributed by atoms with Gasteiger partial charge in [0.25, 0.3) is 0 Å². The average molecular weight is 259 g/mol. The maximum Gasteiger partial charge on any atom is 0.130 e. The first-order chi connectivity index (χ1) is 8.95. The van der Waals surface area contributed by atoms with Crippen molar-refractivity contribution in [2.24, 2.45) is 0 Å². The highest BCUT2D eigenvalue weighted by Crippen LogP contribution is 2.29. The third-order valence-corrected chi connectivity index (χ3v) is 3.34. The van der Waals surface area contributed by atoms with E-state index >= 15 is 0 Å². The second kappa shape index (κ2) is 5.13. The van der Waals surface area contributed by atoms with Crippen LogP contribution in [0.1, 0.15) is 42.7 Å². The van der Waals surface area contributed by atoms with Crippen LogP contribution in [0.15, 0.2) is 24.4 Å². The minimum absolute atomic E-state index is 0.736. The van der Waals surface area contributed by atoms with Crippen LogP contribution >= 0.6 is 0 Å². The van der Waals surface area contributed by atoms with Crippen LogP contribution in [0.5, 0.6) is 0 Å². The lowest BCUT2D eigenvalue weighted by molar-refractivity contribution is 0.0913. The van der Waals surface area contributed by atoms with Crippen molar-refractivity contribution in [3.63, 3.8) is 0 Å². The third-order valence-electron chi connectivity index (χ3n) is 3.34. The first-order valence-corrected chi connectivity index (χ1v) is 6.65. The van der Waals surface area contributed by atoms with E-state index in [4.69, 9.17) is 0 Å². The summed E-state index contributed by atoms with van der Waals surface area (Å²) in [6.45, 7) is 8.71. The average Bonchev–Trinajstić information content (AvgIpc) is 2.77. The van der Waals surface area contributed by atoms with Crippen LogP contribution in [-0.2, 0) is 12.1 Å². The Kier molecular flexibility index (Phi) is 3.71. The van der Waals surface area contributed by atoms with Gasteiger partial charge in [-0.25, -0.2) is 4.68 Å². The second-order valence-corrected chi connectivity index (χ2v) is 5.29. The SMILES string of the molecule is CCCn1nncc1C(C)(O)c1cc(C)cc(C)c1. The molecule has 0 amide bonds. The molecule has 0 spiro atoms. The minimum atomic E-state index is -1.07. The molecule has 0 saturated heterocycles. The molecule has 2 rings (SSSR count). The molecule has 0 aliphatic heterocycles. The van der Waals surface area contributed by atoms with Crippen LogP contribution < -0.4 is 0 Å². The summed E-state index contributed by atoms with van der Waals surface area (Å²) in [7, 11) is 0. The molecule has 1 aromatic carbocycles. The zero-order valence-electron chi connectivity index (χ0n) is 12.0. The van der Waals surface area contributed by atoms with Crippen LogP contribution in [0.25, 0.3) is 0 Å². The number of aliphatic hydroxyl groups is 1. The highest BCUT2D eigenvalue weighted by Gasteiger charge is 2.30. The van der Waals surface area contributed by atoms with E-state index in [1.165, 1.54) is 0 Å². The Labute approximate surface area is 114 Å². The zero-order valence-corrected chi connectivity index (χ0v) is 12.0. The first kappa shape index (κ1) is 13.7. The number of aryl methyl sites for hydroxylation is 3. The summed E-state index contributed by atoms with van der Waals surface area (Å²) in [5.74, 6) is 0. The summed E-state index contributed by atoms with van der Waals surface area (Å²) in [4.78, 5) is 0. The van der Waals surface area contributed by atoms with E-state index in [9.17, 15) is 5.11 Å². The van der Waals surface area contributed by atoms with E-state index in [2.05, 4.69) is 23.3 Å². The number of hydrogen-bond acceptors (Lipinski definition) is 3. The second-order valence-electron chi connectivity index (χ2n) is 5.29. The molecular weight excluding hydrogens is 238 g/mol. The minimum Gasteiger partial charge on any atom is -0.379 e. The molecule has 0 aliphatic carbocycles. The lowest BCUT2D eigenvalue weighted by Crippen LogP contribution is -2.27. The van der Waals surface area contributed by atoms with E-state index in [1.54, 1.807) is 17.8 Å². The molecule has 0 aliphatic rings. The molecule has 0 fully saturated rings. The molecule has 1 aromatic heterocycles. The van der Waals surface area contributed by atoms with Gasteiger partial charge in [-0.15, -0.1) is 5.10 Å². The van der Waals surface area contributed by atoms with Crippen molar-refractivity contribution in [2.45, 2.75) is 46.3 Å². The Balaban J connectivity index is 2.48. The van der Waals surface area contributed by atoms with Gasteiger partial charge in [-0.2, -0.15) is 0 Å². The Morgan fingerprint density at radius 1 is 1.21 bits per heavy atom. The standard InChI is InChI=1S/C15H21N3O/c1-5-6-18-14(10-16-17-18)15(4,19)13-8-11(2)7-12(3)9-13/h7-10,19H,5-6H2,1-4H3. The predicted molar refractivity (Wildman–Crippen MR) is 74.9 cm³/mol. The highest BCUT2D eigenvalue weighted by molar-refractivity contribution is 5.36. The van der Waals surface area contributed by atoms with Gasteiger partial charge in [-0.3, -0.25) is 0 Å². The number of hydrogen-bond donors (Lipinski definition) is 1. The summed E-state index contributed by atoms with van der Waals surface area (Å²) >= 11 is 0. The van der Waals surface area contributed by atoms with E-state index in [1.807, 2.05) is 26.0 Å². The van der Waals surface area contributed by atoms with Crippen molar-refractivity contribution in [1.29, 1.82) is 0 Å². The molecule has 1 N–H and O–H groups in total. The van der Waals surface area contributed by atoms with Crippen LogP contribution in [0.4, 0.5) is 0 Å². The molecule has 0 saturated carbocycles. The Morgan fingerprint density at radius 3 is 2.42 bits per heavy atom. The molecule has 4 heteroatoms. The number of nitrogens with zero attached hydrogens (tertiary/aromatic N) is 3. The molecule has 1 unspecified atom stereocenters. The number of aromatic nitrogens is 3. The number of rotatable bonds is 4. The molecule has 4 nitrogen and oxygen atoms in total. The van der Waals surface area contributed by atoms with Crippen molar-refractivity contribution in [3.8, 4) is 0 Å². The maximum atomic E-state index is 10.9. The fourth-order valence-electron chi connectivity index (χ4n) is 2.42. The first-order valence-electron chi connectivity index (χ1n) is 6.65. The fourth-order valence-corrected chi connectivity index (χ4v) is 2.42. The highest BCUT2D eigenvalue weighted by atomic mass is 16.3. The van der Waals surface area contributed by atoms with Gasteiger partial charge < -0.3 is 5.11 Å². The Morgan fingerprint density at radius 2 is 1.84 bits per heavy atom. The fraction of sp³-hybridized carbons (Fsp3) is 0.467. The van der Waals surface area contributed by atoms with Gasteiger partial charge in [-0.05, 0) is 32.8 Å². The topological polar surface area (TPSA) is 50.9 Å². The molecular formula is C15H21N3O. The Bertz CT molecular complexity index is 552. The maximum absolute atomic E-state index is 10.9. The van der Waals surface area contributed by atoms with Gasteiger partial charge in [-0.1, -0.05) is 41.5 Å². The van der Waals surface area contributed by atoms with Crippen LogP contribution in [0, 0.1) is 13.8 Å². The van der Waals surface area contributed by atoms with Gasteiger partial charge in [0.1, 0.15) is 5.60 Å². The van der Waals surface area contributed by atoms with Gasteiger partial charge >= 0.3 is 0 Å². The molecule has 102 valence electrons. The molecule has 1 atom stereocenters. The number of benzene rings is 1. The third kappa shape index (κ3) is 2.68. The summed E-state index contributed by atoms with van der Waals surface area (Å²) in [6, 6.07) is 6.12. The van der Waals surface area contributed by atoms with E-state index in [0.29, 0.717) is 0 Å². The largest absolute Gasteiger partial charge is 0.379 e. The smallest absolute Gasteiger partial charge is 0.130 e. The summed E-state index contributed by atoms with van der Waals surface area (Å²) < 4.78 is 1.78. The van der Waals surface area contributed by atoms with Gasteiger partial charge in [0.2, 0.25) is 0 Å². The molecule has 0 bridgehead atoms. The summed E-state index contributed by atoms with van der Waals surface area (Å²) in [5, 5.41) is 18.9. The van der Waals surface area contributed by atoms with Gasteiger partial charge in [0.15, 0.2) is 0 Å². The molecule has 2 aromatic rings.